The standard InChI is InChI=1S/C16H26N2S/c1-3-5-13-14-6-4-7-17-16(14)8-12-9-18(11-19-2)10-15(12)13/h7-8,12-15H,3-6,9-11H2,1-2H3/t12-,13?,14?,15-/m1/s1. The van der Waals surface area contributed by atoms with Crippen LogP contribution in [-0.4, -0.2) is 36.3 Å². The molecule has 0 spiro atoms. The van der Waals surface area contributed by atoms with Crippen molar-refractivity contribution in [2.45, 2.75) is 32.6 Å². The van der Waals surface area contributed by atoms with Crippen molar-refractivity contribution < 1.29 is 0 Å². The largest absolute Gasteiger partial charge is 0.293 e. The van der Waals surface area contributed by atoms with Crippen molar-refractivity contribution in [1.82, 2.24) is 4.90 Å². The average Bonchev–Trinajstić information content (AvgIpc) is 2.81. The highest BCUT2D eigenvalue weighted by atomic mass is 32.2. The predicted molar refractivity (Wildman–Crippen MR) is 84.6 cm³/mol. The van der Waals surface area contributed by atoms with E-state index < -0.39 is 0 Å². The van der Waals surface area contributed by atoms with Crippen LogP contribution in [0.25, 0.3) is 0 Å². The Morgan fingerprint density at radius 2 is 2.32 bits per heavy atom. The highest BCUT2D eigenvalue weighted by Gasteiger charge is 2.44. The summed E-state index contributed by atoms with van der Waals surface area (Å²) < 4.78 is 0. The van der Waals surface area contributed by atoms with Crippen LogP contribution in [0, 0.1) is 23.7 Å². The molecule has 0 aromatic carbocycles. The fraction of sp³-hybridized carbons (Fsp3) is 0.812. The van der Waals surface area contributed by atoms with E-state index in [9.17, 15) is 0 Å². The summed E-state index contributed by atoms with van der Waals surface area (Å²) in [5, 5.41) is 0. The molecule has 2 nitrogen and oxygen atoms in total. The van der Waals surface area contributed by atoms with Crippen molar-refractivity contribution in [2.75, 3.05) is 25.2 Å². The van der Waals surface area contributed by atoms with Crippen molar-refractivity contribution in [3.8, 4) is 0 Å². The van der Waals surface area contributed by atoms with Gasteiger partial charge in [-0.05, 0) is 43.3 Å². The third-order valence-corrected chi connectivity index (χ3v) is 5.72. The summed E-state index contributed by atoms with van der Waals surface area (Å²) in [5.74, 6) is 4.52. The van der Waals surface area contributed by atoms with E-state index in [0.717, 1.165) is 23.7 Å². The maximum absolute atomic E-state index is 4.73. The first-order valence-corrected chi connectivity index (χ1v) is 9.18. The van der Waals surface area contributed by atoms with Gasteiger partial charge in [-0.25, -0.2) is 0 Å². The second-order valence-electron chi connectivity index (χ2n) is 6.32. The van der Waals surface area contributed by atoms with Crippen molar-refractivity contribution >= 4 is 18.0 Å². The normalized spacial score (nSPS) is 37.9. The molecule has 3 aliphatic rings. The van der Waals surface area contributed by atoms with Gasteiger partial charge in [0.25, 0.3) is 0 Å². The summed E-state index contributed by atoms with van der Waals surface area (Å²) >= 11 is 1.96. The van der Waals surface area contributed by atoms with Gasteiger partial charge in [-0.15, -0.1) is 11.8 Å². The molecule has 0 N–H and O–H groups in total. The maximum atomic E-state index is 4.73. The summed E-state index contributed by atoms with van der Waals surface area (Å²) in [5.41, 5.74) is 1.43. The lowest BCUT2D eigenvalue weighted by molar-refractivity contribution is 0.188. The number of nitrogens with zero attached hydrogens (tertiary/aromatic N) is 2. The van der Waals surface area contributed by atoms with Gasteiger partial charge in [0, 0.05) is 36.8 Å². The summed E-state index contributed by atoms with van der Waals surface area (Å²) in [7, 11) is 0. The Hall–Kier alpha value is -0.280. The molecule has 0 bridgehead atoms. The van der Waals surface area contributed by atoms with E-state index in [-0.39, 0.29) is 0 Å². The smallest absolute Gasteiger partial charge is 0.0441 e. The number of aliphatic imine (C=N–C) groups is 1. The number of hydrogen-bond acceptors (Lipinski definition) is 3. The van der Waals surface area contributed by atoms with Crippen LogP contribution in [0.5, 0.6) is 0 Å². The molecule has 0 amide bonds. The molecular weight excluding hydrogens is 252 g/mol. The van der Waals surface area contributed by atoms with Crippen LogP contribution in [-0.2, 0) is 0 Å². The Morgan fingerprint density at radius 3 is 3.11 bits per heavy atom. The van der Waals surface area contributed by atoms with Gasteiger partial charge in [0.05, 0.1) is 0 Å². The first-order valence-electron chi connectivity index (χ1n) is 7.79. The first-order chi connectivity index (χ1) is 9.33. The third-order valence-electron chi connectivity index (χ3n) is 5.10. The molecule has 4 atom stereocenters. The van der Waals surface area contributed by atoms with E-state index in [4.69, 9.17) is 4.99 Å². The summed E-state index contributed by atoms with van der Waals surface area (Å²) in [4.78, 5) is 7.38. The van der Waals surface area contributed by atoms with E-state index in [1.165, 1.54) is 50.3 Å². The zero-order chi connectivity index (χ0) is 13.2. The molecule has 1 aliphatic carbocycles. The summed E-state index contributed by atoms with van der Waals surface area (Å²) in [6.45, 7) is 4.92. The molecule has 1 saturated heterocycles. The topological polar surface area (TPSA) is 15.6 Å². The average molecular weight is 278 g/mol. The molecule has 19 heavy (non-hydrogen) atoms. The molecule has 2 aliphatic heterocycles. The van der Waals surface area contributed by atoms with Crippen molar-refractivity contribution in [3.05, 3.63) is 11.8 Å². The Balaban J connectivity index is 1.82. The third kappa shape index (κ3) is 2.64. The second-order valence-corrected chi connectivity index (χ2v) is 7.16. The molecule has 3 heteroatoms. The monoisotopic (exact) mass is 278 g/mol. The molecular formula is C16H26N2S. The van der Waals surface area contributed by atoms with Gasteiger partial charge in [-0.3, -0.25) is 9.89 Å². The Bertz CT molecular complexity index is 377. The molecule has 0 radical (unpaired) electrons. The van der Waals surface area contributed by atoms with Crippen LogP contribution in [0.4, 0.5) is 0 Å². The molecule has 3 rings (SSSR count). The van der Waals surface area contributed by atoms with E-state index in [1.807, 2.05) is 11.8 Å². The minimum absolute atomic E-state index is 0.764. The van der Waals surface area contributed by atoms with Gasteiger partial charge in [0.2, 0.25) is 0 Å². The lowest BCUT2D eigenvalue weighted by Crippen LogP contribution is -2.34. The molecule has 106 valence electrons. The number of likely N-dealkylation sites (tertiary alicyclic amines) is 1. The van der Waals surface area contributed by atoms with Crippen LogP contribution < -0.4 is 0 Å². The Kier molecular flexibility index (Phi) is 4.33. The van der Waals surface area contributed by atoms with E-state index in [0.29, 0.717) is 0 Å². The van der Waals surface area contributed by atoms with Crippen LogP contribution in [0.3, 0.4) is 0 Å². The number of rotatable bonds is 4. The van der Waals surface area contributed by atoms with Crippen LogP contribution in [0.15, 0.2) is 16.8 Å². The molecule has 0 aromatic heterocycles. The fourth-order valence-electron chi connectivity index (χ4n) is 4.39. The van der Waals surface area contributed by atoms with Crippen molar-refractivity contribution in [3.63, 3.8) is 0 Å². The molecule has 2 heterocycles. The van der Waals surface area contributed by atoms with E-state index >= 15 is 0 Å². The van der Waals surface area contributed by atoms with E-state index in [2.05, 4.69) is 30.4 Å². The number of hydrogen-bond donors (Lipinski definition) is 0. The number of thioether (sulfide) groups is 1. The predicted octanol–water partition coefficient (Wildman–Crippen LogP) is 3.65. The van der Waals surface area contributed by atoms with Gasteiger partial charge < -0.3 is 0 Å². The highest BCUT2D eigenvalue weighted by Crippen LogP contribution is 2.47. The van der Waals surface area contributed by atoms with Gasteiger partial charge in [-0.1, -0.05) is 19.4 Å². The summed E-state index contributed by atoms with van der Waals surface area (Å²) in [6, 6.07) is 0. The van der Waals surface area contributed by atoms with Crippen molar-refractivity contribution in [1.29, 1.82) is 0 Å². The SMILES string of the molecule is CCCC1C2CCC=NC2=C[C@@H]2CN(CSC)C[C@@H]12. The Morgan fingerprint density at radius 1 is 1.42 bits per heavy atom. The lowest BCUT2D eigenvalue weighted by Gasteiger charge is -2.39. The highest BCUT2D eigenvalue weighted by molar-refractivity contribution is 7.98. The molecule has 0 saturated carbocycles. The van der Waals surface area contributed by atoms with Gasteiger partial charge in [-0.2, -0.15) is 0 Å². The summed E-state index contributed by atoms with van der Waals surface area (Å²) in [6.07, 6.45) is 12.1. The Labute approximate surface area is 121 Å². The second kappa shape index (κ2) is 6.01. The van der Waals surface area contributed by atoms with Gasteiger partial charge in [0.15, 0.2) is 0 Å². The molecule has 1 fully saturated rings. The molecule has 0 aromatic rings. The minimum atomic E-state index is 0.764. The van der Waals surface area contributed by atoms with E-state index in [1.54, 1.807) is 0 Å². The maximum Gasteiger partial charge on any atom is 0.0441 e. The molecule has 2 unspecified atom stereocenters. The minimum Gasteiger partial charge on any atom is -0.293 e. The first kappa shape index (κ1) is 13.7. The van der Waals surface area contributed by atoms with Crippen LogP contribution in [0.1, 0.15) is 32.6 Å². The lowest BCUT2D eigenvalue weighted by atomic mass is 9.67. The quantitative estimate of drug-likeness (QED) is 0.780. The van der Waals surface area contributed by atoms with Crippen LogP contribution >= 0.6 is 11.8 Å². The van der Waals surface area contributed by atoms with Gasteiger partial charge >= 0.3 is 0 Å². The van der Waals surface area contributed by atoms with Gasteiger partial charge in [0.1, 0.15) is 0 Å². The zero-order valence-electron chi connectivity index (χ0n) is 12.2. The number of fused-ring (bicyclic) bond motifs is 2. The van der Waals surface area contributed by atoms with Crippen LogP contribution in [0.2, 0.25) is 0 Å². The van der Waals surface area contributed by atoms with Crippen molar-refractivity contribution in [2.24, 2.45) is 28.7 Å². The zero-order valence-corrected chi connectivity index (χ0v) is 13.0. The fourth-order valence-corrected chi connectivity index (χ4v) is 4.97. The number of allylic oxidation sites excluding steroid dienone is 1.